The monoisotopic (exact) mass is 288 g/mol. The maximum absolute atomic E-state index is 6.03. The zero-order chi connectivity index (χ0) is 15.4. The Morgan fingerprint density at radius 3 is 2.00 bits per heavy atom. The summed E-state index contributed by atoms with van der Waals surface area (Å²) in [6.07, 6.45) is 1.78. The molecule has 0 aliphatic rings. The van der Waals surface area contributed by atoms with Crippen molar-refractivity contribution >= 4 is 11.4 Å². The summed E-state index contributed by atoms with van der Waals surface area (Å²) in [5.41, 5.74) is 18.4. The van der Waals surface area contributed by atoms with Crippen LogP contribution in [0.3, 0.4) is 0 Å². The van der Waals surface area contributed by atoms with Crippen LogP contribution < -0.4 is 11.5 Å². The zero-order valence-corrected chi connectivity index (χ0v) is 12.5. The van der Waals surface area contributed by atoms with Crippen molar-refractivity contribution in [3.8, 4) is 0 Å². The molecule has 0 unspecified atom stereocenters. The molecular formula is C20H20N2. The quantitative estimate of drug-likeness (QED) is 0.712. The van der Waals surface area contributed by atoms with Gasteiger partial charge in [0.1, 0.15) is 0 Å². The lowest BCUT2D eigenvalue weighted by atomic mass is 9.98. The molecule has 4 N–H and O–H groups in total. The van der Waals surface area contributed by atoms with Gasteiger partial charge in [-0.3, -0.25) is 0 Å². The highest BCUT2D eigenvalue weighted by molar-refractivity contribution is 5.49. The van der Waals surface area contributed by atoms with Gasteiger partial charge >= 0.3 is 0 Å². The molecule has 0 amide bonds. The molecule has 0 bridgehead atoms. The summed E-state index contributed by atoms with van der Waals surface area (Å²) in [6, 6.07) is 24.8. The molecule has 2 nitrogen and oxygen atoms in total. The van der Waals surface area contributed by atoms with Crippen LogP contribution >= 0.6 is 0 Å². The summed E-state index contributed by atoms with van der Waals surface area (Å²) in [7, 11) is 0. The average molecular weight is 288 g/mol. The SMILES string of the molecule is Nc1ccc(Cc2cccc(Cc3ccccc3N)c2)cc1. The molecule has 3 rings (SSSR count). The predicted molar refractivity (Wildman–Crippen MR) is 93.8 cm³/mol. The second kappa shape index (κ2) is 6.35. The first kappa shape index (κ1) is 14.2. The fraction of sp³-hybridized carbons (Fsp3) is 0.100. The molecule has 3 aromatic carbocycles. The summed E-state index contributed by atoms with van der Waals surface area (Å²) in [5, 5.41) is 0. The van der Waals surface area contributed by atoms with Crippen molar-refractivity contribution in [1.82, 2.24) is 0 Å². The molecule has 0 radical (unpaired) electrons. The van der Waals surface area contributed by atoms with Crippen LogP contribution in [-0.2, 0) is 12.8 Å². The molecule has 0 heterocycles. The third-order valence-corrected chi connectivity index (χ3v) is 3.83. The van der Waals surface area contributed by atoms with E-state index in [1.54, 1.807) is 0 Å². The fourth-order valence-electron chi connectivity index (χ4n) is 2.64. The zero-order valence-electron chi connectivity index (χ0n) is 12.5. The number of para-hydroxylation sites is 1. The van der Waals surface area contributed by atoms with Gasteiger partial charge in [0.15, 0.2) is 0 Å². The highest BCUT2D eigenvalue weighted by Crippen LogP contribution is 2.18. The molecule has 0 aromatic heterocycles. The Morgan fingerprint density at radius 2 is 1.27 bits per heavy atom. The van der Waals surface area contributed by atoms with Gasteiger partial charge in [-0.25, -0.2) is 0 Å². The van der Waals surface area contributed by atoms with Gasteiger partial charge in [0, 0.05) is 11.4 Å². The summed E-state index contributed by atoms with van der Waals surface area (Å²) in [5.74, 6) is 0. The molecule has 0 saturated heterocycles. The van der Waals surface area contributed by atoms with Gasteiger partial charge in [-0.2, -0.15) is 0 Å². The third-order valence-electron chi connectivity index (χ3n) is 3.83. The minimum absolute atomic E-state index is 0.803. The van der Waals surface area contributed by atoms with Crippen LogP contribution in [0.25, 0.3) is 0 Å². The molecule has 0 aliphatic heterocycles. The average Bonchev–Trinajstić information content (AvgIpc) is 2.52. The Labute approximate surface area is 131 Å². The van der Waals surface area contributed by atoms with Crippen LogP contribution in [0.15, 0.2) is 72.8 Å². The van der Waals surface area contributed by atoms with Gasteiger partial charge in [-0.1, -0.05) is 54.6 Å². The maximum atomic E-state index is 6.03. The Hall–Kier alpha value is -2.74. The van der Waals surface area contributed by atoms with E-state index in [-0.39, 0.29) is 0 Å². The number of benzene rings is 3. The number of anilines is 2. The molecule has 3 aromatic rings. The van der Waals surface area contributed by atoms with Gasteiger partial charge in [0.05, 0.1) is 0 Å². The maximum Gasteiger partial charge on any atom is 0.0349 e. The molecule has 0 fully saturated rings. The summed E-state index contributed by atoms with van der Waals surface area (Å²) >= 11 is 0. The smallest absolute Gasteiger partial charge is 0.0349 e. The van der Waals surface area contributed by atoms with Crippen LogP contribution in [0.1, 0.15) is 22.3 Å². The minimum atomic E-state index is 0.803. The number of hydrogen-bond donors (Lipinski definition) is 2. The molecule has 110 valence electrons. The van der Waals surface area contributed by atoms with E-state index < -0.39 is 0 Å². The topological polar surface area (TPSA) is 52.0 Å². The number of rotatable bonds is 4. The second-order valence-corrected chi connectivity index (χ2v) is 5.61. The van der Waals surface area contributed by atoms with Crippen LogP contribution in [0, 0.1) is 0 Å². The van der Waals surface area contributed by atoms with E-state index in [4.69, 9.17) is 11.5 Å². The van der Waals surface area contributed by atoms with E-state index >= 15 is 0 Å². The molecular weight excluding hydrogens is 268 g/mol. The van der Waals surface area contributed by atoms with Crippen LogP contribution in [-0.4, -0.2) is 0 Å². The molecule has 0 spiro atoms. The van der Waals surface area contributed by atoms with E-state index in [1.807, 2.05) is 30.3 Å². The van der Waals surface area contributed by atoms with Gasteiger partial charge in [-0.15, -0.1) is 0 Å². The van der Waals surface area contributed by atoms with Crippen LogP contribution in [0.5, 0.6) is 0 Å². The lowest BCUT2D eigenvalue weighted by molar-refractivity contribution is 1.14. The van der Waals surface area contributed by atoms with E-state index in [9.17, 15) is 0 Å². The highest BCUT2D eigenvalue weighted by atomic mass is 14.6. The van der Waals surface area contributed by atoms with Crippen LogP contribution in [0.4, 0.5) is 11.4 Å². The van der Waals surface area contributed by atoms with E-state index in [0.29, 0.717) is 0 Å². The molecule has 0 atom stereocenters. The standard InChI is InChI=1S/C20H20N2/c21-19-10-8-15(9-11-19)12-16-4-3-5-17(13-16)14-18-6-1-2-7-20(18)22/h1-11,13H,12,14,21-22H2. The lowest BCUT2D eigenvalue weighted by Crippen LogP contribution is -1.96. The van der Waals surface area contributed by atoms with Crippen molar-refractivity contribution in [2.45, 2.75) is 12.8 Å². The summed E-state index contributed by atoms with van der Waals surface area (Å²) < 4.78 is 0. The largest absolute Gasteiger partial charge is 0.399 e. The van der Waals surface area contributed by atoms with Gasteiger partial charge in [0.2, 0.25) is 0 Å². The first-order chi connectivity index (χ1) is 10.7. The number of hydrogen-bond acceptors (Lipinski definition) is 2. The highest BCUT2D eigenvalue weighted by Gasteiger charge is 2.02. The van der Waals surface area contributed by atoms with E-state index in [1.165, 1.54) is 22.3 Å². The fourth-order valence-corrected chi connectivity index (χ4v) is 2.64. The van der Waals surface area contributed by atoms with E-state index in [0.717, 1.165) is 24.2 Å². The van der Waals surface area contributed by atoms with Gasteiger partial charge < -0.3 is 11.5 Å². The van der Waals surface area contributed by atoms with Crippen molar-refractivity contribution in [2.24, 2.45) is 0 Å². The molecule has 0 aliphatic carbocycles. The second-order valence-electron chi connectivity index (χ2n) is 5.61. The van der Waals surface area contributed by atoms with Crippen molar-refractivity contribution in [1.29, 1.82) is 0 Å². The van der Waals surface area contributed by atoms with E-state index in [2.05, 4.69) is 42.5 Å². The first-order valence-corrected chi connectivity index (χ1v) is 7.46. The Bertz CT molecular complexity index is 761. The molecule has 22 heavy (non-hydrogen) atoms. The Morgan fingerprint density at radius 1 is 0.591 bits per heavy atom. The number of nitrogen functional groups attached to an aromatic ring is 2. The normalized spacial score (nSPS) is 10.5. The summed E-state index contributed by atoms with van der Waals surface area (Å²) in [6.45, 7) is 0. The van der Waals surface area contributed by atoms with Crippen molar-refractivity contribution < 1.29 is 0 Å². The predicted octanol–water partition coefficient (Wildman–Crippen LogP) is 4.03. The molecule has 2 heteroatoms. The van der Waals surface area contributed by atoms with Gasteiger partial charge in [0.25, 0.3) is 0 Å². The van der Waals surface area contributed by atoms with Crippen molar-refractivity contribution in [3.63, 3.8) is 0 Å². The molecule has 0 saturated carbocycles. The third kappa shape index (κ3) is 3.47. The van der Waals surface area contributed by atoms with Crippen molar-refractivity contribution in [2.75, 3.05) is 11.5 Å². The minimum Gasteiger partial charge on any atom is -0.399 e. The summed E-state index contributed by atoms with van der Waals surface area (Å²) in [4.78, 5) is 0. The van der Waals surface area contributed by atoms with Gasteiger partial charge in [-0.05, 0) is 53.3 Å². The Kier molecular flexibility index (Phi) is 4.10. The van der Waals surface area contributed by atoms with Crippen LogP contribution in [0.2, 0.25) is 0 Å². The first-order valence-electron chi connectivity index (χ1n) is 7.46. The Balaban J connectivity index is 1.78. The number of nitrogens with two attached hydrogens (primary N) is 2. The lowest BCUT2D eigenvalue weighted by Gasteiger charge is -2.08. The van der Waals surface area contributed by atoms with Crippen molar-refractivity contribution in [3.05, 3.63) is 95.1 Å².